The van der Waals surface area contributed by atoms with Crippen LogP contribution >= 0.6 is 0 Å². The molecule has 3 N–H and O–H groups in total. The Balaban J connectivity index is 1.75. The van der Waals surface area contributed by atoms with E-state index in [2.05, 4.69) is 10.7 Å². The fraction of sp³-hybridized carbons (Fsp3) is 0.516. The zero-order valence-electron chi connectivity index (χ0n) is 25.1. The predicted molar refractivity (Wildman–Crippen MR) is 157 cm³/mol. The maximum absolute atomic E-state index is 13.5. The van der Waals surface area contributed by atoms with Crippen molar-refractivity contribution in [1.29, 1.82) is 0 Å². The van der Waals surface area contributed by atoms with Gasteiger partial charge in [0.05, 0.1) is 29.3 Å². The number of hydrogen-bond acceptors (Lipinski definition) is 8. The van der Waals surface area contributed by atoms with Crippen molar-refractivity contribution in [3.8, 4) is 0 Å². The number of fused-ring (bicyclic) bond motifs is 4. The number of amides is 3. The largest absolute Gasteiger partial charge is 0.451 e. The second-order valence-corrected chi connectivity index (χ2v) is 12.0. The first-order chi connectivity index (χ1) is 19.8. The summed E-state index contributed by atoms with van der Waals surface area (Å²) < 4.78 is 5.68. The Hall–Kier alpha value is -3.83. The fourth-order valence-corrected chi connectivity index (χ4v) is 5.00. The van der Waals surface area contributed by atoms with E-state index < -0.39 is 53.9 Å². The molecule has 3 amide bonds. The minimum Gasteiger partial charge on any atom is -0.451 e. The number of cyclic esters (lactones) is 1. The Morgan fingerprint density at radius 2 is 1.83 bits per heavy atom. The Morgan fingerprint density at radius 3 is 2.52 bits per heavy atom. The summed E-state index contributed by atoms with van der Waals surface area (Å²) in [5.74, 6) is -2.50. The molecule has 42 heavy (non-hydrogen) atoms. The molecule has 2 aliphatic rings. The third-order valence-electron chi connectivity index (χ3n) is 7.96. The highest BCUT2D eigenvalue weighted by molar-refractivity contribution is 5.92. The monoisotopic (exact) mass is 579 g/mol. The van der Waals surface area contributed by atoms with Crippen LogP contribution in [-0.4, -0.2) is 82.1 Å². The maximum atomic E-state index is 13.5. The predicted octanol–water partition coefficient (Wildman–Crippen LogP) is 2.35. The summed E-state index contributed by atoms with van der Waals surface area (Å²) >= 11 is 0. The van der Waals surface area contributed by atoms with Crippen LogP contribution in [0.1, 0.15) is 64.8 Å². The normalized spacial score (nSPS) is 26.8. The van der Waals surface area contributed by atoms with Crippen molar-refractivity contribution in [2.24, 2.45) is 11.3 Å². The van der Waals surface area contributed by atoms with Gasteiger partial charge < -0.3 is 20.1 Å². The van der Waals surface area contributed by atoms with E-state index in [1.54, 1.807) is 45.7 Å². The first-order valence-corrected chi connectivity index (χ1v) is 14.4. The van der Waals surface area contributed by atoms with Crippen LogP contribution in [-0.2, 0) is 23.9 Å². The van der Waals surface area contributed by atoms with Crippen LogP contribution in [0.2, 0.25) is 0 Å². The van der Waals surface area contributed by atoms with Gasteiger partial charge in [-0.05, 0) is 57.2 Å². The SMILES string of the molecule is CC(C)[C@@H]1OC(=O)C(C)(C)/C=C/c2ccc3ccc(nc3c2)[C@@H](C)N(C)C(=O)[C@@H]2CCCN(N2)C(=O)[C@H](CO)NC1=O. The molecule has 2 aromatic rings. The number of carbonyl (C=O) groups excluding carboxylic acids is 4. The molecule has 4 rings (SSSR count). The van der Waals surface area contributed by atoms with E-state index in [1.807, 2.05) is 43.3 Å². The molecule has 1 saturated heterocycles. The van der Waals surface area contributed by atoms with Crippen LogP contribution in [0.3, 0.4) is 0 Å². The van der Waals surface area contributed by atoms with Crippen LogP contribution < -0.4 is 10.7 Å². The van der Waals surface area contributed by atoms with Crippen LogP contribution in [0.25, 0.3) is 17.0 Å². The standard InChI is InChI=1S/C31H41N5O6/c1-18(2)26-27(38)33-25(17-37)29(40)36-15-7-8-23(34-36)28(39)35(6)19(3)22-12-11-21-10-9-20(16-24(21)32-22)13-14-31(4,5)30(41)42-26/h9-14,16,18-19,23,25-26,34,37H,7-8,15,17H2,1-6H3,(H,33,38)/b14-13+/t19-,23+,25+,26+/m1/s1. The summed E-state index contributed by atoms with van der Waals surface area (Å²) in [5, 5.41) is 14.8. The second kappa shape index (κ2) is 12.6. The fourth-order valence-electron chi connectivity index (χ4n) is 5.00. The average molecular weight is 580 g/mol. The molecule has 3 heterocycles. The van der Waals surface area contributed by atoms with Crippen LogP contribution in [0.4, 0.5) is 0 Å². The molecule has 0 saturated carbocycles. The highest BCUT2D eigenvalue weighted by atomic mass is 16.5. The maximum Gasteiger partial charge on any atom is 0.316 e. The van der Waals surface area contributed by atoms with Gasteiger partial charge in [-0.2, -0.15) is 0 Å². The lowest BCUT2D eigenvalue weighted by Crippen LogP contribution is -2.62. The number of carbonyl (C=O) groups is 4. The molecule has 1 fully saturated rings. The average Bonchev–Trinajstić information content (AvgIpc) is 2.98. The lowest BCUT2D eigenvalue weighted by atomic mass is 9.92. The zero-order chi connectivity index (χ0) is 30.8. The van der Waals surface area contributed by atoms with Crippen molar-refractivity contribution < 1.29 is 29.0 Å². The number of rotatable bonds is 2. The molecule has 0 unspecified atom stereocenters. The summed E-state index contributed by atoms with van der Waals surface area (Å²) in [5.41, 5.74) is 4.19. The molecule has 5 bridgehead atoms. The molecule has 0 aliphatic carbocycles. The summed E-state index contributed by atoms with van der Waals surface area (Å²) in [4.78, 5) is 59.8. The van der Waals surface area contributed by atoms with Crippen molar-refractivity contribution in [2.45, 2.75) is 71.7 Å². The number of nitrogens with zero attached hydrogens (tertiary/aromatic N) is 3. The first kappa shape index (κ1) is 31.1. The van der Waals surface area contributed by atoms with E-state index in [9.17, 15) is 24.3 Å². The molecule has 1 aromatic carbocycles. The summed E-state index contributed by atoms with van der Waals surface area (Å²) in [6, 6.07) is 7.32. The number of aliphatic hydroxyl groups is 1. The first-order valence-electron chi connectivity index (χ1n) is 14.4. The number of benzene rings is 1. The van der Waals surface area contributed by atoms with Gasteiger partial charge >= 0.3 is 5.97 Å². The third kappa shape index (κ3) is 6.63. The van der Waals surface area contributed by atoms with Gasteiger partial charge in [0.25, 0.3) is 11.8 Å². The van der Waals surface area contributed by atoms with Crippen LogP contribution in [0, 0.1) is 11.3 Å². The quantitative estimate of drug-likeness (QED) is 0.461. The van der Waals surface area contributed by atoms with Crippen molar-refractivity contribution in [3.05, 3.63) is 47.7 Å². The Labute approximate surface area is 246 Å². The number of esters is 1. The van der Waals surface area contributed by atoms with Gasteiger partial charge in [0.15, 0.2) is 6.10 Å². The van der Waals surface area contributed by atoms with E-state index in [1.165, 1.54) is 5.01 Å². The van der Waals surface area contributed by atoms with E-state index in [4.69, 9.17) is 9.72 Å². The Bertz CT molecular complexity index is 1390. The highest BCUT2D eigenvalue weighted by Crippen LogP contribution is 2.26. The number of aromatic nitrogens is 1. The minimum absolute atomic E-state index is 0.205. The van der Waals surface area contributed by atoms with Crippen LogP contribution in [0.5, 0.6) is 0 Å². The minimum atomic E-state index is -1.29. The van der Waals surface area contributed by atoms with Gasteiger partial charge in [-0.25, -0.2) is 5.43 Å². The number of aliphatic hydroxyl groups excluding tert-OH is 1. The topological polar surface area (TPSA) is 141 Å². The number of nitrogens with one attached hydrogen (secondary N) is 2. The molecule has 4 atom stereocenters. The van der Waals surface area contributed by atoms with E-state index >= 15 is 0 Å². The number of ether oxygens (including phenoxy) is 1. The van der Waals surface area contributed by atoms with Crippen molar-refractivity contribution >= 4 is 40.7 Å². The van der Waals surface area contributed by atoms with E-state index in [0.29, 0.717) is 25.1 Å². The molecule has 11 nitrogen and oxygen atoms in total. The van der Waals surface area contributed by atoms with Gasteiger partial charge in [0.2, 0.25) is 5.91 Å². The zero-order valence-corrected chi connectivity index (χ0v) is 25.1. The third-order valence-corrected chi connectivity index (χ3v) is 7.96. The molecular weight excluding hydrogens is 538 g/mol. The molecule has 226 valence electrons. The van der Waals surface area contributed by atoms with E-state index in [-0.39, 0.29) is 11.9 Å². The highest BCUT2D eigenvalue weighted by Gasteiger charge is 2.38. The van der Waals surface area contributed by atoms with Gasteiger partial charge in [-0.3, -0.25) is 29.2 Å². The molecule has 1 aromatic heterocycles. The number of hydrazine groups is 1. The molecular formula is C31H41N5O6. The smallest absolute Gasteiger partial charge is 0.316 e. The van der Waals surface area contributed by atoms with Gasteiger partial charge in [0.1, 0.15) is 12.1 Å². The summed E-state index contributed by atoms with van der Waals surface area (Å²) in [6.45, 7) is 8.38. The van der Waals surface area contributed by atoms with Crippen molar-refractivity contribution in [3.63, 3.8) is 0 Å². The number of likely N-dealkylation sites (N-methyl/N-ethyl adjacent to an activating group) is 1. The molecule has 2 aliphatic heterocycles. The number of pyridine rings is 1. The van der Waals surface area contributed by atoms with Gasteiger partial charge in [-0.15, -0.1) is 0 Å². The Kier molecular flexibility index (Phi) is 9.32. The molecule has 0 radical (unpaired) electrons. The van der Waals surface area contributed by atoms with Gasteiger partial charge in [-0.1, -0.05) is 44.2 Å². The molecule has 11 heteroatoms. The lowest BCUT2D eigenvalue weighted by molar-refractivity contribution is -0.165. The lowest BCUT2D eigenvalue weighted by Gasteiger charge is -2.37. The van der Waals surface area contributed by atoms with Crippen LogP contribution in [0.15, 0.2) is 36.4 Å². The number of hydrogen-bond donors (Lipinski definition) is 3. The second-order valence-electron chi connectivity index (χ2n) is 12.0. The summed E-state index contributed by atoms with van der Waals surface area (Å²) in [6.07, 6.45) is 3.39. The van der Waals surface area contributed by atoms with E-state index in [0.717, 1.165) is 16.5 Å². The van der Waals surface area contributed by atoms with Crippen molar-refractivity contribution in [1.82, 2.24) is 25.6 Å². The molecule has 0 spiro atoms. The van der Waals surface area contributed by atoms with Crippen molar-refractivity contribution in [2.75, 3.05) is 20.2 Å². The van der Waals surface area contributed by atoms with Gasteiger partial charge in [0, 0.05) is 19.0 Å². The summed E-state index contributed by atoms with van der Waals surface area (Å²) in [7, 11) is 1.71. The Morgan fingerprint density at radius 1 is 1.12 bits per heavy atom.